The van der Waals surface area contributed by atoms with Gasteiger partial charge in [-0.25, -0.2) is 0 Å². The van der Waals surface area contributed by atoms with Gasteiger partial charge in [0, 0.05) is 10.4 Å². The van der Waals surface area contributed by atoms with Gasteiger partial charge in [0.25, 0.3) is 5.89 Å². The molecule has 0 aliphatic rings. The third-order valence-electron chi connectivity index (χ3n) is 4.27. The first-order valence-electron chi connectivity index (χ1n) is 8.36. The summed E-state index contributed by atoms with van der Waals surface area (Å²) in [5.74, 6) is 1.30. The minimum Gasteiger partial charge on any atom is -0.461 e. The molecule has 2 aromatic carbocycles. The van der Waals surface area contributed by atoms with Crippen molar-refractivity contribution in [2.24, 2.45) is 0 Å². The van der Waals surface area contributed by atoms with Gasteiger partial charge < -0.3 is 8.94 Å². The van der Waals surface area contributed by atoms with Crippen molar-refractivity contribution in [1.82, 2.24) is 19.9 Å². The van der Waals surface area contributed by atoms with Crippen molar-refractivity contribution in [3.8, 4) is 23.2 Å². The van der Waals surface area contributed by atoms with Crippen LogP contribution in [-0.4, -0.2) is 19.9 Å². The third-order valence-corrected chi connectivity index (χ3v) is 4.53. The molecule has 0 fully saturated rings. The van der Waals surface area contributed by atoms with E-state index in [4.69, 9.17) is 25.6 Å². The first kappa shape index (κ1) is 15.8. The van der Waals surface area contributed by atoms with E-state index in [0.717, 1.165) is 16.5 Å². The van der Waals surface area contributed by atoms with Crippen LogP contribution < -0.4 is 0 Å². The third kappa shape index (κ3) is 2.90. The maximum atomic E-state index is 5.98. The van der Waals surface area contributed by atoms with Crippen LogP contribution in [0.15, 0.2) is 75.9 Å². The molecule has 0 radical (unpaired) electrons. The second-order valence-electron chi connectivity index (χ2n) is 6.05. The second-order valence-corrected chi connectivity index (χ2v) is 6.49. The highest BCUT2D eigenvalue weighted by Gasteiger charge is 2.19. The summed E-state index contributed by atoms with van der Waals surface area (Å²) < 4.78 is 12.7. The maximum absolute atomic E-state index is 5.98. The minimum absolute atomic E-state index is 0.354. The van der Waals surface area contributed by atoms with Crippen LogP contribution in [0.2, 0.25) is 5.02 Å². The number of benzene rings is 2. The molecule has 0 bridgehead atoms. The lowest BCUT2D eigenvalue weighted by Crippen LogP contribution is -2.01. The van der Waals surface area contributed by atoms with E-state index in [1.165, 1.54) is 0 Å². The Morgan fingerprint density at radius 3 is 2.63 bits per heavy atom. The lowest BCUT2D eigenvalue weighted by molar-refractivity contribution is 0.428. The fraction of sp³-hybridized carbons (Fsp3) is 0.0500. The molecule has 3 heterocycles. The number of fused-ring (bicyclic) bond motifs is 1. The van der Waals surface area contributed by atoms with Crippen molar-refractivity contribution in [2.45, 2.75) is 6.54 Å². The highest BCUT2D eigenvalue weighted by atomic mass is 35.5. The summed E-state index contributed by atoms with van der Waals surface area (Å²) in [6, 6.07) is 19.2. The average molecular weight is 377 g/mol. The summed E-state index contributed by atoms with van der Waals surface area (Å²) in [6.07, 6.45) is 1.57. The zero-order valence-electron chi connectivity index (χ0n) is 14.0. The molecule has 5 aromatic rings. The van der Waals surface area contributed by atoms with Gasteiger partial charge >= 0.3 is 0 Å². The number of hydrogen-bond donors (Lipinski definition) is 0. The molecule has 5 rings (SSSR count). The van der Waals surface area contributed by atoms with Crippen LogP contribution in [0.1, 0.15) is 5.56 Å². The molecule has 0 aliphatic heterocycles. The van der Waals surface area contributed by atoms with Crippen molar-refractivity contribution in [3.63, 3.8) is 0 Å². The maximum Gasteiger partial charge on any atom is 0.279 e. The zero-order chi connectivity index (χ0) is 18.2. The minimum atomic E-state index is 0.354. The van der Waals surface area contributed by atoms with Gasteiger partial charge in [-0.15, -0.1) is 0 Å². The number of para-hydroxylation sites is 1. The van der Waals surface area contributed by atoms with E-state index < -0.39 is 0 Å². The Bertz CT molecular complexity index is 1210. The number of hydrogen-bond acceptors (Lipinski definition) is 5. The SMILES string of the molecule is Clc1ccc(Cn2nc(-c3nc(-c4ccco4)no3)c3ccccc32)cc1. The summed E-state index contributed by atoms with van der Waals surface area (Å²) in [5.41, 5.74) is 2.73. The quantitative estimate of drug-likeness (QED) is 0.439. The van der Waals surface area contributed by atoms with Crippen molar-refractivity contribution in [3.05, 3.63) is 77.5 Å². The van der Waals surface area contributed by atoms with Gasteiger partial charge in [-0.05, 0) is 35.9 Å². The topological polar surface area (TPSA) is 69.9 Å². The molecule has 0 saturated carbocycles. The molecule has 0 aliphatic carbocycles. The summed E-state index contributed by atoms with van der Waals surface area (Å²) in [6.45, 7) is 0.608. The van der Waals surface area contributed by atoms with Crippen LogP contribution in [0, 0.1) is 0 Å². The van der Waals surface area contributed by atoms with Gasteiger partial charge in [-0.2, -0.15) is 10.1 Å². The Labute approximate surface area is 159 Å². The van der Waals surface area contributed by atoms with Crippen LogP contribution in [0.3, 0.4) is 0 Å². The lowest BCUT2D eigenvalue weighted by Gasteiger charge is -2.03. The molecular formula is C20H13ClN4O2. The Hall–Kier alpha value is -3.38. The van der Waals surface area contributed by atoms with Crippen LogP contribution in [0.5, 0.6) is 0 Å². The van der Waals surface area contributed by atoms with Crippen molar-refractivity contribution >= 4 is 22.5 Å². The first-order chi connectivity index (χ1) is 13.3. The van der Waals surface area contributed by atoms with Crippen LogP contribution >= 0.6 is 11.6 Å². The predicted molar refractivity (Wildman–Crippen MR) is 101 cm³/mol. The highest BCUT2D eigenvalue weighted by molar-refractivity contribution is 6.30. The number of aromatic nitrogens is 4. The van der Waals surface area contributed by atoms with E-state index in [1.54, 1.807) is 18.4 Å². The van der Waals surface area contributed by atoms with Gasteiger partial charge in [0.05, 0.1) is 18.3 Å². The molecule has 0 atom stereocenters. The lowest BCUT2D eigenvalue weighted by atomic mass is 10.2. The largest absolute Gasteiger partial charge is 0.461 e. The molecular weight excluding hydrogens is 364 g/mol. The average Bonchev–Trinajstić information content (AvgIpc) is 3.43. The van der Waals surface area contributed by atoms with E-state index in [2.05, 4.69) is 10.1 Å². The Balaban J connectivity index is 1.58. The molecule has 0 amide bonds. The smallest absolute Gasteiger partial charge is 0.279 e. The van der Waals surface area contributed by atoms with Crippen molar-refractivity contribution < 1.29 is 8.94 Å². The van der Waals surface area contributed by atoms with Gasteiger partial charge in [0.15, 0.2) is 11.5 Å². The normalized spacial score (nSPS) is 11.3. The fourth-order valence-corrected chi connectivity index (χ4v) is 3.12. The number of rotatable bonds is 4. The molecule has 0 unspecified atom stereocenters. The van der Waals surface area contributed by atoms with E-state index in [9.17, 15) is 0 Å². The second kappa shape index (κ2) is 6.41. The van der Waals surface area contributed by atoms with E-state index in [0.29, 0.717) is 34.7 Å². The Kier molecular flexibility index (Phi) is 3.76. The highest BCUT2D eigenvalue weighted by Crippen LogP contribution is 2.29. The summed E-state index contributed by atoms with van der Waals surface area (Å²) in [7, 11) is 0. The predicted octanol–water partition coefficient (Wildman–Crippen LogP) is 5.05. The molecule has 6 nitrogen and oxygen atoms in total. The molecule has 0 saturated heterocycles. The molecule has 132 valence electrons. The van der Waals surface area contributed by atoms with Crippen LogP contribution in [-0.2, 0) is 6.54 Å². The Morgan fingerprint density at radius 1 is 0.963 bits per heavy atom. The monoisotopic (exact) mass is 376 g/mol. The van der Waals surface area contributed by atoms with E-state index in [-0.39, 0.29) is 0 Å². The van der Waals surface area contributed by atoms with Gasteiger partial charge in [0.2, 0.25) is 5.82 Å². The number of halogens is 1. The fourth-order valence-electron chi connectivity index (χ4n) is 2.99. The molecule has 0 N–H and O–H groups in total. The number of nitrogens with zero attached hydrogens (tertiary/aromatic N) is 4. The molecule has 7 heteroatoms. The van der Waals surface area contributed by atoms with Crippen LogP contribution in [0.4, 0.5) is 0 Å². The zero-order valence-corrected chi connectivity index (χ0v) is 14.8. The summed E-state index contributed by atoms with van der Waals surface area (Å²) >= 11 is 5.98. The first-order valence-corrected chi connectivity index (χ1v) is 8.74. The van der Waals surface area contributed by atoms with Crippen molar-refractivity contribution in [2.75, 3.05) is 0 Å². The van der Waals surface area contributed by atoms with Gasteiger partial charge in [0.1, 0.15) is 0 Å². The van der Waals surface area contributed by atoms with Gasteiger partial charge in [-0.1, -0.05) is 47.1 Å². The van der Waals surface area contributed by atoms with E-state index in [1.807, 2.05) is 53.2 Å². The van der Waals surface area contributed by atoms with Gasteiger partial charge in [-0.3, -0.25) is 4.68 Å². The molecule has 27 heavy (non-hydrogen) atoms. The Morgan fingerprint density at radius 2 is 1.81 bits per heavy atom. The van der Waals surface area contributed by atoms with Crippen molar-refractivity contribution in [1.29, 1.82) is 0 Å². The molecule has 3 aromatic heterocycles. The van der Waals surface area contributed by atoms with Crippen LogP contribution in [0.25, 0.3) is 34.1 Å². The number of furan rings is 1. The summed E-state index contributed by atoms with van der Waals surface area (Å²) in [5, 5.41) is 10.4. The standard InChI is InChI=1S/C20H13ClN4O2/c21-14-9-7-13(8-10-14)12-25-16-5-2-1-4-15(16)18(23-25)20-22-19(24-27-20)17-6-3-11-26-17/h1-11H,12H2. The summed E-state index contributed by atoms with van der Waals surface area (Å²) in [4.78, 5) is 4.44. The molecule has 0 spiro atoms. The van der Waals surface area contributed by atoms with E-state index >= 15 is 0 Å².